The molecule has 4 nitrogen and oxygen atoms in total. The number of benzene rings is 1. The third kappa shape index (κ3) is 4.83. The summed E-state index contributed by atoms with van der Waals surface area (Å²) in [5.74, 6) is 0.262. The molecule has 0 spiro atoms. The molecule has 1 heterocycles. The average molecular weight is 330 g/mol. The minimum absolute atomic E-state index is 0.0700. The molecule has 1 aromatic carbocycles. The Morgan fingerprint density at radius 1 is 1.08 bits per heavy atom. The molecule has 1 N–H and O–H groups in total. The highest BCUT2D eigenvalue weighted by Crippen LogP contribution is 2.15. The summed E-state index contributed by atoms with van der Waals surface area (Å²) in [7, 11) is 0. The van der Waals surface area contributed by atoms with Crippen molar-refractivity contribution in [2.75, 3.05) is 13.1 Å². The zero-order chi connectivity index (χ0) is 17.7. The molecule has 1 aliphatic rings. The van der Waals surface area contributed by atoms with Gasteiger partial charge in [0.1, 0.15) is 6.04 Å². The summed E-state index contributed by atoms with van der Waals surface area (Å²) in [6.45, 7) is 9.81. The SMILES string of the molecule is Cc1ccc(C(=O)N[C@H](CC(C)C)C(=O)N2CCCCC2)cc1C. The van der Waals surface area contributed by atoms with Crippen molar-refractivity contribution in [3.05, 3.63) is 34.9 Å². The second-order valence-electron chi connectivity index (χ2n) is 7.34. The van der Waals surface area contributed by atoms with E-state index in [0.29, 0.717) is 17.9 Å². The Bertz CT molecular complexity index is 589. The predicted molar refractivity (Wildman–Crippen MR) is 97.1 cm³/mol. The topological polar surface area (TPSA) is 49.4 Å². The normalized spacial score (nSPS) is 16.1. The molecule has 1 atom stereocenters. The van der Waals surface area contributed by atoms with Gasteiger partial charge in [0.05, 0.1) is 0 Å². The van der Waals surface area contributed by atoms with Gasteiger partial charge in [-0.25, -0.2) is 0 Å². The van der Waals surface area contributed by atoms with Gasteiger partial charge in [0.25, 0.3) is 5.91 Å². The largest absolute Gasteiger partial charge is 0.341 e. The standard InChI is InChI=1S/C20H30N2O2/c1-14(2)12-18(20(24)22-10-6-5-7-11-22)21-19(23)17-9-8-15(3)16(4)13-17/h8-9,13-14,18H,5-7,10-12H2,1-4H3,(H,21,23)/t18-/m1/s1. The molecule has 0 aliphatic carbocycles. The number of carbonyl (C=O) groups is 2. The number of nitrogens with zero attached hydrogens (tertiary/aromatic N) is 1. The molecule has 0 radical (unpaired) electrons. The van der Waals surface area contributed by atoms with E-state index in [1.54, 1.807) is 0 Å². The van der Waals surface area contributed by atoms with Crippen LogP contribution in [0.4, 0.5) is 0 Å². The van der Waals surface area contributed by atoms with Crippen molar-refractivity contribution in [3.63, 3.8) is 0 Å². The van der Waals surface area contributed by atoms with Gasteiger partial charge in [0.15, 0.2) is 0 Å². The summed E-state index contributed by atoms with van der Waals surface area (Å²) in [6, 6.07) is 5.24. The lowest BCUT2D eigenvalue weighted by Crippen LogP contribution is -2.50. The molecule has 24 heavy (non-hydrogen) atoms. The van der Waals surface area contributed by atoms with Crippen LogP contribution in [-0.2, 0) is 4.79 Å². The molecule has 2 rings (SSSR count). The van der Waals surface area contributed by atoms with Crippen molar-refractivity contribution in [1.82, 2.24) is 10.2 Å². The Morgan fingerprint density at radius 2 is 1.75 bits per heavy atom. The van der Waals surface area contributed by atoms with E-state index in [4.69, 9.17) is 0 Å². The fraction of sp³-hybridized carbons (Fsp3) is 0.600. The van der Waals surface area contributed by atoms with Crippen molar-refractivity contribution < 1.29 is 9.59 Å². The van der Waals surface area contributed by atoms with Gasteiger partial charge in [0.2, 0.25) is 5.91 Å². The van der Waals surface area contributed by atoms with Gasteiger partial charge in [-0.2, -0.15) is 0 Å². The monoisotopic (exact) mass is 330 g/mol. The van der Waals surface area contributed by atoms with Crippen LogP contribution in [0.25, 0.3) is 0 Å². The van der Waals surface area contributed by atoms with E-state index in [2.05, 4.69) is 19.2 Å². The van der Waals surface area contributed by atoms with Crippen LogP contribution in [0.2, 0.25) is 0 Å². The van der Waals surface area contributed by atoms with E-state index in [1.807, 2.05) is 36.9 Å². The first-order valence-corrected chi connectivity index (χ1v) is 9.05. The number of hydrogen-bond donors (Lipinski definition) is 1. The van der Waals surface area contributed by atoms with Crippen molar-refractivity contribution in [3.8, 4) is 0 Å². The first-order valence-electron chi connectivity index (χ1n) is 9.05. The third-order valence-electron chi connectivity index (χ3n) is 4.75. The van der Waals surface area contributed by atoms with Crippen LogP contribution in [0.15, 0.2) is 18.2 Å². The van der Waals surface area contributed by atoms with Gasteiger partial charge in [0, 0.05) is 18.7 Å². The highest BCUT2D eigenvalue weighted by atomic mass is 16.2. The van der Waals surface area contributed by atoms with Crippen LogP contribution in [0.1, 0.15) is 61.0 Å². The van der Waals surface area contributed by atoms with E-state index < -0.39 is 6.04 Å². The number of rotatable bonds is 5. The van der Waals surface area contributed by atoms with Gasteiger partial charge in [-0.3, -0.25) is 9.59 Å². The van der Waals surface area contributed by atoms with Crippen LogP contribution in [0, 0.1) is 19.8 Å². The molecule has 0 bridgehead atoms. The number of hydrogen-bond acceptors (Lipinski definition) is 2. The number of amides is 2. The number of carbonyl (C=O) groups excluding carboxylic acids is 2. The summed E-state index contributed by atoms with van der Waals surface area (Å²) in [5.41, 5.74) is 2.87. The second kappa shape index (κ2) is 8.32. The quantitative estimate of drug-likeness (QED) is 0.899. The molecule has 2 amide bonds. The highest BCUT2D eigenvalue weighted by Gasteiger charge is 2.27. The van der Waals surface area contributed by atoms with Gasteiger partial charge >= 0.3 is 0 Å². The molecule has 1 saturated heterocycles. The second-order valence-corrected chi connectivity index (χ2v) is 7.34. The molecule has 0 unspecified atom stereocenters. The molecule has 1 aliphatic heterocycles. The van der Waals surface area contributed by atoms with Crippen molar-refractivity contribution in [2.45, 2.75) is 59.4 Å². The Hall–Kier alpha value is -1.84. The average Bonchev–Trinajstić information content (AvgIpc) is 2.56. The fourth-order valence-electron chi connectivity index (χ4n) is 3.15. The summed E-state index contributed by atoms with van der Waals surface area (Å²) in [4.78, 5) is 27.4. The molecule has 0 saturated carbocycles. The van der Waals surface area contributed by atoms with Gasteiger partial charge in [-0.1, -0.05) is 19.9 Å². The Balaban J connectivity index is 2.10. The lowest BCUT2D eigenvalue weighted by atomic mass is 10.00. The number of piperidine rings is 1. The van der Waals surface area contributed by atoms with Crippen LogP contribution in [0.5, 0.6) is 0 Å². The van der Waals surface area contributed by atoms with Gasteiger partial charge in [-0.15, -0.1) is 0 Å². The Kier molecular flexibility index (Phi) is 6.41. The molecule has 0 aromatic heterocycles. The summed E-state index contributed by atoms with van der Waals surface area (Å²) in [5, 5.41) is 2.98. The molecule has 1 fully saturated rings. The highest BCUT2D eigenvalue weighted by molar-refractivity contribution is 5.97. The minimum Gasteiger partial charge on any atom is -0.341 e. The van der Waals surface area contributed by atoms with Crippen molar-refractivity contribution in [1.29, 1.82) is 0 Å². The zero-order valence-electron chi connectivity index (χ0n) is 15.4. The Morgan fingerprint density at radius 3 is 2.33 bits per heavy atom. The minimum atomic E-state index is -0.433. The number of aryl methyl sites for hydroxylation is 2. The smallest absolute Gasteiger partial charge is 0.251 e. The van der Waals surface area contributed by atoms with Gasteiger partial charge in [-0.05, 0) is 68.7 Å². The van der Waals surface area contributed by atoms with E-state index in [-0.39, 0.29) is 11.8 Å². The van der Waals surface area contributed by atoms with Crippen molar-refractivity contribution in [2.24, 2.45) is 5.92 Å². The maximum absolute atomic E-state index is 12.8. The number of nitrogens with one attached hydrogen (secondary N) is 1. The van der Waals surface area contributed by atoms with Crippen molar-refractivity contribution >= 4 is 11.8 Å². The maximum Gasteiger partial charge on any atom is 0.251 e. The van der Waals surface area contributed by atoms with Crippen LogP contribution in [0.3, 0.4) is 0 Å². The molecular weight excluding hydrogens is 300 g/mol. The van der Waals surface area contributed by atoms with E-state index >= 15 is 0 Å². The van der Waals surface area contributed by atoms with Crippen LogP contribution in [-0.4, -0.2) is 35.8 Å². The van der Waals surface area contributed by atoms with E-state index in [9.17, 15) is 9.59 Å². The first kappa shape index (κ1) is 18.5. The summed E-state index contributed by atoms with van der Waals surface area (Å²) >= 11 is 0. The summed E-state index contributed by atoms with van der Waals surface area (Å²) < 4.78 is 0. The molecular formula is C20H30N2O2. The predicted octanol–water partition coefficient (Wildman–Crippen LogP) is 3.46. The fourth-order valence-corrected chi connectivity index (χ4v) is 3.15. The maximum atomic E-state index is 12.8. The van der Waals surface area contributed by atoms with E-state index in [0.717, 1.165) is 37.1 Å². The number of likely N-dealkylation sites (tertiary alicyclic amines) is 1. The zero-order valence-corrected chi connectivity index (χ0v) is 15.4. The molecule has 132 valence electrons. The van der Waals surface area contributed by atoms with Gasteiger partial charge < -0.3 is 10.2 Å². The molecule has 1 aromatic rings. The van der Waals surface area contributed by atoms with Crippen LogP contribution >= 0.6 is 0 Å². The van der Waals surface area contributed by atoms with E-state index in [1.165, 1.54) is 6.42 Å². The summed E-state index contributed by atoms with van der Waals surface area (Å²) in [6.07, 6.45) is 3.98. The first-order chi connectivity index (χ1) is 11.4. The Labute approximate surface area is 145 Å². The molecule has 4 heteroatoms. The lowest BCUT2D eigenvalue weighted by Gasteiger charge is -2.31. The van der Waals surface area contributed by atoms with Crippen LogP contribution < -0.4 is 5.32 Å². The lowest BCUT2D eigenvalue weighted by molar-refractivity contribution is -0.134. The third-order valence-corrected chi connectivity index (χ3v) is 4.75.